The van der Waals surface area contributed by atoms with E-state index < -0.39 is 34.2 Å². The first kappa shape index (κ1) is 20.9. The molecule has 0 aliphatic carbocycles. The number of hydrogen-bond donors (Lipinski definition) is 1. The van der Waals surface area contributed by atoms with Crippen LogP contribution in [0, 0.1) is 21.4 Å². The van der Waals surface area contributed by atoms with Gasteiger partial charge in [0.25, 0.3) is 11.2 Å². The molecule has 156 valence electrons. The van der Waals surface area contributed by atoms with Crippen LogP contribution >= 0.6 is 0 Å². The number of nitrogens with one attached hydrogen (secondary N) is 1. The lowest BCUT2D eigenvalue weighted by atomic mass is 10.1. The van der Waals surface area contributed by atoms with E-state index in [9.17, 15) is 19.7 Å². The molecule has 1 aliphatic heterocycles. The normalized spacial score (nSPS) is 14.4. The van der Waals surface area contributed by atoms with Crippen molar-refractivity contribution in [1.82, 2.24) is 9.88 Å². The molecule has 1 aliphatic rings. The Morgan fingerprint density at radius 1 is 1.47 bits per heavy atom. The summed E-state index contributed by atoms with van der Waals surface area (Å²) < 4.78 is 12.3. The van der Waals surface area contributed by atoms with Gasteiger partial charge in [-0.1, -0.05) is 0 Å². The second-order valence-corrected chi connectivity index (χ2v) is 6.82. The topological polar surface area (TPSA) is 136 Å². The highest BCUT2D eigenvalue weighted by atomic mass is 16.6. The van der Waals surface area contributed by atoms with Gasteiger partial charge in [-0.15, -0.1) is 0 Å². The molecule has 0 saturated heterocycles. The van der Waals surface area contributed by atoms with E-state index in [4.69, 9.17) is 14.7 Å². The minimum atomic E-state index is -0.770. The largest absolute Gasteiger partial charge is 0.494 e. The van der Waals surface area contributed by atoms with Crippen molar-refractivity contribution in [3.8, 4) is 17.6 Å². The van der Waals surface area contributed by atoms with Crippen molar-refractivity contribution in [2.45, 2.75) is 39.5 Å². The molecule has 1 aromatic heterocycles. The number of aromatic nitrogens is 1. The number of nitro groups is 1. The van der Waals surface area contributed by atoms with Crippen molar-refractivity contribution in [3.05, 3.63) is 61.6 Å². The van der Waals surface area contributed by atoms with Crippen molar-refractivity contribution < 1.29 is 19.2 Å². The number of carbonyl (C=O) groups excluding carboxylic acids is 1. The Bertz CT molecular complexity index is 1100. The molecule has 0 bridgehead atoms. The first-order chi connectivity index (χ1) is 14.3. The Balaban J connectivity index is 1.76. The minimum absolute atomic E-state index is 0.0643. The maximum absolute atomic E-state index is 12.4. The van der Waals surface area contributed by atoms with Gasteiger partial charge in [-0.25, -0.2) is 0 Å². The molecule has 10 nitrogen and oxygen atoms in total. The Morgan fingerprint density at radius 2 is 2.23 bits per heavy atom. The molecular weight excluding hydrogens is 392 g/mol. The van der Waals surface area contributed by atoms with Gasteiger partial charge < -0.3 is 14.8 Å². The van der Waals surface area contributed by atoms with E-state index in [0.717, 1.165) is 34.6 Å². The molecule has 1 aromatic carbocycles. The zero-order valence-corrected chi connectivity index (χ0v) is 16.5. The fourth-order valence-electron chi connectivity index (χ4n) is 3.23. The molecule has 0 spiro atoms. The predicted molar refractivity (Wildman–Crippen MR) is 105 cm³/mol. The molecule has 2 aromatic rings. The summed E-state index contributed by atoms with van der Waals surface area (Å²) in [5.41, 5.74) is 0.131. The average Bonchev–Trinajstić information content (AvgIpc) is 3.06. The smallest absolute Gasteiger partial charge is 0.287 e. The average molecular weight is 412 g/mol. The second-order valence-electron chi connectivity index (χ2n) is 6.82. The number of benzene rings is 1. The molecule has 0 fully saturated rings. The Kier molecular flexibility index (Phi) is 6.01. The number of nitrogens with zero attached hydrogens (tertiary/aromatic N) is 3. The third-order valence-electron chi connectivity index (χ3n) is 4.57. The van der Waals surface area contributed by atoms with Gasteiger partial charge in [0.05, 0.1) is 17.7 Å². The SMILES string of the molecule is CCOc1cc2c(cc1CNC(=O)Cn1cc([N+](=O)[O-])cc(C#N)c1=O)O[C@@H](C)C2. The van der Waals surface area contributed by atoms with Crippen molar-refractivity contribution in [3.63, 3.8) is 0 Å². The molecule has 0 saturated carbocycles. The molecule has 1 atom stereocenters. The summed E-state index contributed by atoms with van der Waals surface area (Å²) in [6.07, 6.45) is 1.78. The fraction of sp³-hybridized carbons (Fsp3) is 0.350. The number of carbonyl (C=O) groups is 1. The van der Waals surface area contributed by atoms with Gasteiger partial charge in [-0.2, -0.15) is 5.26 Å². The zero-order chi connectivity index (χ0) is 21.8. The van der Waals surface area contributed by atoms with E-state index in [1.807, 2.05) is 26.0 Å². The van der Waals surface area contributed by atoms with Gasteiger partial charge in [0.1, 0.15) is 35.8 Å². The van der Waals surface area contributed by atoms with Crippen LogP contribution in [0.5, 0.6) is 11.5 Å². The zero-order valence-electron chi connectivity index (χ0n) is 16.5. The lowest BCUT2D eigenvalue weighted by Gasteiger charge is -2.14. The second kappa shape index (κ2) is 8.65. The number of fused-ring (bicyclic) bond motifs is 1. The lowest BCUT2D eigenvalue weighted by Crippen LogP contribution is -2.33. The molecule has 3 rings (SSSR count). The van der Waals surface area contributed by atoms with Gasteiger partial charge in [0.15, 0.2) is 0 Å². The molecule has 1 amide bonds. The fourth-order valence-corrected chi connectivity index (χ4v) is 3.23. The molecule has 10 heteroatoms. The predicted octanol–water partition coefficient (Wildman–Crippen LogP) is 1.67. The van der Waals surface area contributed by atoms with Crippen LogP contribution in [0.4, 0.5) is 5.69 Å². The van der Waals surface area contributed by atoms with Crippen molar-refractivity contribution in [2.75, 3.05) is 6.61 Å². The van der Waals surface area contributed by atoms with Crippen LogP contribution < -0.4 is 20.3 Å². The van der Waals surface area contributed by atoms with E-state index in [1.54, 1.807) is 6.07 Å². The van der Waals surface area contributed by atoms with E-state index in [0.29, 0.717) is 17.9 Å². The maximum atomic E-state index is 12.4. The van der Waals surface area contributed by atoms with Crippen LogP contribution in [0.25, 0.3) is 0 Å². The van der Waals surface area contributed by atoms with Crippen molar-refractivity contribution in [1.29, 1.82) is 5.26 Å². The first-order valence-electron chi connectivity index (χ1n) is 9.33. The third-order valence-corrected chi connectivity index (χ3v) is 4.57. The number of nitriles is 1. The highest BCUT2D eigenvalue weighted by Crippen LogP contribution is 2.35. The highest BCUT2D eigenvalue weighted by Gasteiger charge is 2.22. The molecule has 0 radical (unpaired) electrons. The standard InChI is InChI=1S/C20H20N4O6/c1-3-29-17-6-13-4-12(2)30-18(13)7-15(17)9-22-19(25)11-23-10-16(24(27)28)5-14(8-21)20(23)26/h5-7,10,12H,3-4,9,11H2,1-2H3,(H,22,25)/t12-/m0/s1. The summed E-state index contributed by atoms with van der Waals surface area (Å²) in [5, 5.41) is 22.7. The van der Waals surface area contributed by atoms with Gasteiger partial charge in [-0.3, -0.25) is 24.3 Å². The van der Waals surface area contributed by atoms with Crippen LogP contribution in [0.1, 0.15) is 30.5 Å². The van der Waals surface area contributed by atoms with Gasteiger partial charge in [-0.05, 0) is 26.0 Å². The summed E-state index contributed by atoms with van der Waals surface area (Å²) in [6.45, 7) is 3.94. The van der Waals surface area contributed by atoms with E-state index in [1.165, 1.54) is 0 Å². The van der Waals surface area contributed by atoms with Gasteiger partial charge >= 0.3 is 0 Å². The number of amides is 1. The Labute approximate surface area is 171 Å². The molecule has 1 N–H and O–H groups in total. The number of hydrogen-bond acceptors (Lipinski definition) is 7. The summed E-state index contributed by atoms with van der Waals surface area (Å²) in [6, 6.07) is 6.21. The molecular formula is C20H20N4O6. The van der Waals surface area contributed by atoms with E-state index in [-0.39, 0.29) is 12.6 Å². The molecule has 30 heavy (non-hydrogen) atoms. The number of pyridine rings is 1. The summed E-state index contributed by atoms with van der Waals surface area (Å²) in [5.74, 6) is 0.830. The van der Waals surface area contributed by atoms with E-state index in [2.05, 4.69) is 5.32 Å². The number of rotatable bonds is 7. The first-order valence-corrected chi connectivity index (χ1v) is 9.33. The van der Waals surface area contributed by atoms with Gasteiger partial charge in [0.2, 0.25) is 5.91 Å². The summed E-state index contributed by atoms with van der Waals surface area (Å²) in [7, 11) is 0. The summed E-state index contributed by atoms with van der Waals surface area (Å²) in [4.78, 5) is 34.8. The quantitative estimate of drug-likeness (QED) is 0.539. The third kappa shape index (κ3) is 4.41. The van der Waals surface area contributed by atoms with Crippen LogP contribution in [-0.4, -0.2) is 28.1 Å². The Hall–Kier alpha value is -3.87. The van der Waals surface area contributed by atoms with Crippen LogP contribution in [0.3, 0.4) is 0 Å². The molecule has 2 heterocycles. The van der Waals surface area contributed by atoms with Crippen LogP contribution in [0.15, 0.2) is 29.2 Å². The molecule has 0 unspecified atom stereocenters. The Morgan fingerprint density at radius 3 is 2.90 bits per heavy atom. The highest BCUT2D eigenvalue weighted by molar-refractivity contribution is 5.76. The lowest BCUT2D eigenvalue weighted by molar-refractivity contribution is -0.385. The monoisotopic (exact) mass is 412 g/mol. The van der Waals surface area contributed by atoms with Crippen molar-refractivity contribution in [2.24, 2.45) is 0 Å². The van der Waals surface area contributed by atoms with E-state index >= 15 is 0 Å². The maximum Gasteiger partial charge on any atom is 0.287 e. The number of ether oxygens (including phenoxy) is 2. The van der Waals surface area contributed by atoms with Crippen LogP contribution in [0.2, 0.25) is 0 Å². The van der Waals surface area contributed by atoms with Crippen molar-refractivity contribution >= 4 is 11.6 Å². The van der Waals surface area contributed by atoms with Gasteiger partial charge in [0, 0.05) is 30.2 Å². The summed E-state index contributed by atoms with van der Waals surface area (Å²) >= 11 is 0. The minimum Gasteiger partial charge on any atom is -0.494 e. The van der Waals surface area contributed by atoms with Crippen LogP contribution in [-0.2, 0) is 24.3 Å².